The van der Waals surface area contributed by atoms with Crippen LogP contribution in [-0.4, -0.2) is 45.5 Å². The van der Waals surface area contributed by atoms with Crippen LogP contribution in [0.25, 0.3) is 0 Å². The molecule has 1 unspecified atom stereocenters. The summed E-state index contributed by atoms with van der Waals surface area (Å²) in [4.78, 5) is 4.05. The molecule has 1 aliphatic rings. The highest BCUT2D eigenvalue weighted by Crippen LogP contribution is 2.12. The Labute approximate surface area is 164 Å². The molecular formula is C17H26F2IN3O2. The molecule has 0 saturated carbocycles. The van der Waals surface area contributed by atoms with Crippen molar-refractivity contribution >= 4 is 29.9 Å². The Bertz CT molecular complexity index is 541. The number of benzene rings is 1. The molecule has 1 fully saturated rings. The van der Waals surface area contributed by atoms with Gasteiger partial charge in [-0.15, -0.1) is 24.0 Å². The summed E-state index contributed by atoms with van der Waals surface area (Å²) in [5, 5.41) is 6.07. The van der Waals surface area contributed by atoms with E-state index in [-0.39, 0.29) is 42.2 Å². The highest BCUT2D eigenvalue weighted by molar-refractivity contribution is 14.0. The Morgan fingerprint density at radius 1 is 1.36 bits per heavy atom. The van der Waals surface area contributed by atoms with Crippen molar-refractivity contribution in [3.8, 4) is 0 Å². The van der Waals surface area contributed by atoms with Crippen molar-refractivity contribution in [1.29, 1.82) is 0 Å². The molecule has 2 N–H and O–H groups in total. The van der Waals surface area contributed by atoms with Crippen LogP contribution in [0.3, 0.4) is 0 Å². The van der Waals surface area contributed by atoms with Crippen molar-refractivity contribution in [3.05, 3.63) is 35.4 Å². The third-order valence-electron chi connectivity index (χ3n) is 3.76. The van der Waals surface area contributed by atoms with Crippen LogP contribution < -0.4 is 10.6 Å². The number of nitrogens with zero attached hydrogens (tertiary/aromatic N) is 1. The number of rotatable bonds is 8. The van der Waals surface area contributed by atoms with E-state index in [0.717, 1.165) is 38.0 Å². The van der Waals surface area contributed by atoms with Crippen molar-refractivity contribution in [2.24, 2.45) is 4.99 Å². The molecule has 1 saturated heterocycles. The fourth-order valence-corrected chi connectivity index (χ4v) is 2.45. The molecule has 1 atom stereocenters. The van der Waals surface area contributed by atoms with E-state index in [9.17, 15) is 8.78 Å². The van der Waals surface area contributed by atoms with Crippen LogP contribution in [0, 0.1) is 11.6 Å². The van der Waals surface area contributed by atoms with Crippen LogP contribution in [0.1, 0.15) is 24.8 Å². The molecule has 5 nitrogen and oxygen atoms in total. The standard InChI is InChI=1S/C17H25F2N3O2.HI/c1-20-17(22-11-13-10-14(18)5-6-16(13)19)21-7-3-8-23-12-15-4-2-9-24-15;/h5-6,10,15H,2-4,7-9,11-12H2,1H3,(H2,20,21,22);1H. The predicted molar refractivity (Wildman–Crippen MR) is 104 cm³/mol. The molecule has 1 heterocycles. The number of ether oxygens (including phenoxy) is 2. The minimum absolute atomic E-state index is 0. The molecule has 8 heteroatoms. The van der Waals surface area contributed by atoms with E-state index in [1.54, 1.807) is 7.05 Å². The van der Waals surface area contributed by atoms with Gasteiger partial charge < -0.3 is 20.1 Å². The monoisotopic (exact) mass is 469 g/mol. The van der Waals surface area contributed by atoms with E-state index in [2.05, 4.69) is 15.6 Å². The highest BCUT2D eigenvalue weighted by Gasteiger charge is 2.14. The Hall–Kier alpha value is -1.00. The van der Waals surface area contributed by atoms with Gasteiger partial charge in [-0.25, -0.2) is 8.78 Å². The molecule has 0 spiro atoms. The van der Waals surface area contributed by atoms with Crippen LogP contribution in [0.5, 0.6) is 0 Å². The van der Waals surface area contributed by atoms with Crippen molar-refractivity contribution in [1.82, 2.24) is 10.6 Å². The van der Waals surface area contributed by atoms with Gasteiger partial charge in [0.1, 0.15) is 11.6 Å². The second kappa shape index (κ2) is 12.4. The van der Waals surface area contributed by atoms with Crippen LogP contribution in [0.15, 0.2) is 23.2 Å². The SMILES string of the molecule is CN=C(NCCCOCC1CCCO1)NCc1cc(F)ccc1F.I. The molecule has 1 aliphatic heterocycles. The Morgan fingerprint density at radius 2 is 2.20 bits per heavy atom. The molecule has 0 aliphatic carbocycles. The normalized spacial score (nSPS) is 17.2. The first-order valence-corrected chi connectivity index (χ1v) is 8.27. The Morgan fingerprint density at radius 3 is 2.92 bits per heavy atom. The lowest BCUT2D eigenvalue weighted by Crippen LogP contribution is -2.37. The number of hydrogen-bond acceptors (Lipinski definition) is 3. The topological polar surface area (TPSA) is 54.9 Å². The van der Waals surface area contributed by atoms with Crippen molar-refractivity contribution in [2.45, 2.75) is 31.9 Å². The third kappa shape index (κ3) is 8.28. The highest BCUT2D eigenvalue weighted by atomic mass is 127. The molecule has 0 bridgehead atoms. The van der Waals surface area contributed by atoms with Crippen molar-refractivity contribution in [2.75, 3.05) is 33.4 Å². The van der Waals surface area contributed by atoms with Crippen LogP contribution in [0.2, 0.25) is 0 Å². The van der Waals surface area contributed by atoms with Gasteiger partial charge in [0.2, 0.25) is 0 Å². The number of hydrogen-bond donors (Lipinski definition) is 2. The van der Waals surface area contributed by atoms with E-state index in [0.29, 0.717) is 25.7 Å². The number of nitrogens with one attached hydrogen (secondary N) is 2. The zero-order chi connectivity index (χ0) is 17.2. The number of aliphatic imine (C=N–C) groups is 1. The largest absolute Gasteiger partial charge is 0.379 e. The Kier molecular flexibility index (Phi) is 10.9. The van der Waals surface area contributed by atoms with Crippen molar-refractivity contribution in [3.63, 3.8) is 0 Å². The Balaban J connectivity index is 0.00000312. The van der Waals surface area contributed by atoms with Crippen LogP contribution in [0.4, 0.5) is 8.78 Å². The van der Waals surface area contributed by atoms with Gasteiger partial charge in [-0.3, -0.25) is 4.99 Å². The summed E-state index contributed by atoms with van der Waals surface area (Å²) >= 11 is 0. The summed E-state index contributed by atoms with van der Waals surface area (Å²) in [6.45, 7) is 2.97. The minimum Gasteiger partial charge on any atom is -0.379 e. The summed E-state index contributed by atoms with van der Waals surface area (Å²) in [5.74, 6) is -0.362. The maximum Gasteiger partial charge on any atom is 0.191 e. The van der Waals surface area contributed by atoms with Gasteiger partial charge in [-0.1, -0.05) is 0 Å². The lowest BCUT2D eigenvalue weighted by Gasteiger charge is -2.13. The maximum atomic E-state index is 13.5. The van der Waals surface area contributed by atoms with Gasteiger partial charge >= 0.3 is 0 Å². The van der Waals surface area contributed by atoms with E-state index in [1.165, 1.54) is 6.07 Å². The summed E-state index contributed by atoms with van der Waals surface area (Å²) < 4.78 is 37.7. The quantitative estimate of drug-likeness (QED) is 0.266. The average molecular weight is 469 g/mol. The van der Waals surface area contributed by atoms with Gasteiger partial charge in [-0.05, 0) is 37.5 Å². The first kappa shape index (κ1) is 22.0. The fourth-order valence-electron chi connectivity index (χ4n) is 2.45. The zero-order valence-electron chi connectivity index (χ0n) is 14.4. The summed E-state index contributed by atoms with van der Waals surface area (Å²) in [6.07, 6.45) is 3.25. The fraction of sp³-hybridized carbons (Fsp3) is 0.588. The lowest BCUT2D eigenvalue weighted by atomic mass is 10.2. The van der Waals surface area contributed by atoms with Gasteiger partial charge in [0.25, 0.3) is 0 Å². The van der Waals surface area contributed by atoms with Gasteiger partial charge in [0.05, 0.1) is 12.7 Å². The van der Waals surface area contributed by atoms with Crippen molar-refractivity contribution < 1.29 is 18.3 Å². The molecule has 1 aromatic carbocycles. The van der Waals surface area contributed by atoms with Gasteiger partial charge in [0.15, 0.2) is 5.96 Å². The van der Waals surface area contributed by atoms with E-state index < -0.39 is 11.6 Å². The van der Waals surface area contributed by atoms with Gasteiger partial charge in [-0.2, -0.15) is 0 Å². The first-order valence-electron chi connectivity index (χ1n) is 8.27. The summed E-state index contributed by atoms with van der Waals surface area (Å²) in [5.41, 5.74) is 0.262. The van der Waals surface area contributed by atoms with E-state index in [4.69, 9.17) is 9.47 Å². The van der Waals surface area contributed by atoms with E-state index >= 15 is 0 Å². The summed E-state index contributed by atoms with van der Waals surface area (Å²) in [6, 6.07) is 3.39. The maximum absolute atomic E-state index is 13.5. The van der Waals surface area contributed by atoms with Crippen LogP contribution >= 0.6 is 24.0 Å². The second-order valence-electron chi connectivity index (χ2n) is 5.65. The molecule has 25 heavy (non-hydrogen) atoms. The lowest BCUT2D eigenvalue weighted by molar-refractivity contribution is 0.0168. The van der Waals surface area contributed by atoms with Gasteiger partial charge in [0, 0.05) is 38.9 Å². The minimum atomic E-state index is -0.459. The molecule has 142 valence electrons. The zero-order valence-corrected chi connectivity index (χ0v) is 16.7. The molecular weight excluding hydrogens is 443 g/mol. The first-order chi connectivity index (χ1) is 11.7. The third-order valence-corrected chi connectivity index (χ3v) is 3.76. The number of halogens is 3. The predicted octanol–water partition coefficient (Wildman–Crippen LogP) is 2.83. The molecule has 0 aromatic heterocycles. The molecule has 0 amide bonds. The second-order valence-corrected chi connectivity index (χ2v) is 5.65. The molecule has 0 radical (unpaired) electrons. The smallest absolute Gasteiger partial charge is 0.191 e. The molecule has 1 aromatic rings. The van der Waals surface area contributed by atoms with Crippen LogP contribution in [-0.2, 0) is 16.0 Å². The van der Waals surface area contributed by atoms with E-state index in [1.807, 2.05) is 0 Å². The average Bonchev–Trinajstić information content (AvgIpc) is 3.09. The molecule has 2 rings (SSSR count). The number of guanidine groups is 1. The summed E-state index contributed by atoms with van der Waals surface area (Å²) in [7, 11) is 1.63.